The van der Waals surface area contributed by atoms with Crippen molar-refractivity contribution in [3.63, 3.8) is 0 Å². The monoisotopic (exact) mass is 1350 g/mol. The van der Waals surface area contributed by atoms with Gasteiger partial charge in [-0.25, -0.2) is 0 Å². The highest BCUT2D eigenvalue weighted by atomic mass is 14.5. The molecule has 0 saturated heterocycles. The molecule has 0 nitrogen and oxygen atoms in total. The topological polar surface area (TPSA) is 0 Å². The molecule has 0 unspecified atom stereocenters. The minimum atomic E-state index is -0.338. The van der Waals surface area contributed by atoms with Crippen LogP contribution in [-0.2, 0) is 65.0 Å². The molecule has 0 heterocycles. The molecule has 0 radical (unpaired) electrons. The zero-order valence-corrected chi connectivity index (χ0v) is 68.6. The maximum atomic E-state index is 2.48. The molecule has 0 N–H and O–H groups in total. The summed E-state index contributed by atoms with van der Waals surface area (Å²) >= 11 is 0. The molecule has 4 aliphatic carbocycles. The van der Waals surface area contributed by atoms with Gasteiger partial charge in [0.2, 0.25) is 0 Å². The molecule has 0 spiro atoms. The van der Waals surface area contributed by atoms with Gasteiger partial charge in [0.15, 0.2) is 0 Å². The van der Waals surface area contributed by atoms with Gasteiger partial charge in [-0.05, 0) is 188 Å². The fourth-order valence-corrected chi connectivity index (χ4v) is 16.5. The third kappa shape index (κ3) is 13.7. The minimum Gasteiger partial charge on any atom is -0.0622 e. The molecular weight excluding hydrogens is 1230 g/mol. The maximum absolute atomic E-state index is 2.48. The molecule has 14 rings (SSSR count). The van der Waals surface area contributed by atoms with E-state index in [0.29, 0.717) is 0 Å². The van der Waals surface area contributed by atoms with Gasteiger partial charge in [0, 0.05) is 16.2 Å². The molecule has 532 valence electrons. The Morgan fingerprint density at radius 2 is 0.343 bits per heavy atom. The molecule has 10 aromatic carbocycles. The van der Waals surface area contributed by atoms with Crippen LogP contribution in [0.1, 0.15) is 308 Å². The Balaban J connectivity index is 0.000000139. The highest BCUT2D eigenvalue weighted by Gasteiger charge is 2.48. The van der Waals surface area contributed by atoms with Crippen molar-refractivity contribution in [3.8, 4) is 44.5 Å². The van der Waals surface area contributed by atoms with Gasteiger partial charge in [-0.1, -0.05) is 414 Å². The van der Waals surface area contributed by atoms with Crippen LogP contribution in [0.3, 0.4) is 0 Å². The average molecular weight is 1350 g/mol. The van der Waals surface area contributed by atoms with Crippen LogP contribution in [-0.4, -0.2) is 0 Å². The number of hydrogen-bond acceptors (Lipinski definition) is 0. The Kier molecular flexibility index (Phi) is 18.9. The van der Waals surface area contributed by atoms with E-state index in [2.05, 4.69) is 414 Å². The van der Waals surface area contributed by atoms with Gasteiger partial charge in [0.25, 0.3) is 0 Å². The zero-order valence-electron chi connectivity index (χ0n) is 68.6. The summed E-state index contributed by atoms with van der Waals surface area (Å²) in [5.41, 5.74) is 38.0. The predicted molar refractivity (Wildman–Crippen MR) is 445 cm³/mol. The first-order valence-corrected chi connectivity index (χ1v) is 38.2. The van der Waals surface area contributed by atoms with E-state index in [1.54, 1.807) is 0 Å². The fourth-order valence-electron chi connectivity index (χ4n) is 16.5. The zero-order chi connectivity index (χ0) is 75.1. The second-order valence-corrected chi connectivity index (χ2v) is 40.4. The van der Waals surface area contributed by atoms with Crippen molar-refractivity contribution in [2.75, 3.05) is 0 Å². The maximum Gasteiger partial charge on any atom is 0.0713 e. The van der Waals surface area contributed by atoms with Crippen molar-refractivity contribution >= 4 is 0 Å². The third-order valence-corrected chi connectivity index (χ3v) is 23.5. The number of rotatable bonds is 2. The quantitative estimate of drug-likeness (QED) is 0.162. The van der Waals surface area contributed by atoms with Crippen LogP contribution in [0.25, 0.3) is 44.5 Å². The Morgan fingerprint density at radius 3 is 0.569 bits per heavy atom. The van der Waals surface area contributed by atoms with Crippen LogP contribution in [0.4, 0.5) is 0 Å². The highest BCUT2D eigenvalue weighted by molar-refractivity contribution is 5.88. The minimum absolute atomic E-state index is 0.0766. The van der Waals surface area contributed by atoms with Crippen LogP contribution in [0.2, 0.25) is 0 Å². The smallest absolute Gasteiger partial charge is 0.0622 e. The van der Waals surface area contributed by atoms with Crippen molar-refractivity contribution in [1.29, 1.82) is 0 Å². The SMILES string of the molecule is CC(C)(C)c1ccc2c(c1)-c1ccc(C(C)(C)C)cc1C2(C)C.CC(C)(C)c1ccc2c(c1)-c1ccc(C(C)(C)C)cc1C2(C)C.CC(C)(C)c1ccc2c(c1)C(C)(C)c1cc(C(C)(C)C)ccc1-2.CC(C)(C)c1ccc2c(c1)C(c1ccccc1)(c1ccccc1)c1cc(C(C)(C)C)ccc1-2. The second-order valence-electron chi connectivity index (χ2n) is 40.4. The Labute approximate surface area is 619 Å². The summed E-state index contributed by atoms with van der Waals surface area (Å²) in [5, 5.41) is 0. The molecule has 102 heavy (non-hydrogen) atoms. The molecule has 0 bridgehead atoms. The van der Waals surface area contributed by atoms with Gasteiger partial charge in [-0.3, -0.25) is 0 Å². The van der Waals surface area contributed by atoms with Crippen LogP contribution in [0.15, 0.2) is 206 Å². The van der Waals surface area contributed by atoms with Crippen LogP contribution < -0.4 is 0 Å². The summed E-state index contributed by atoms with van der Waals surface area (Å²) in [6.07, 6.45) is 0. The Hall–Kier alpha value is -7.80. The summed E-state index contributed by atoms with van der Waals surface area (Å²) in [6.45, 7) is 69.3. The van der Waals surface area contributed by atoms with E-state index in [-0.39, 0.29) is 65.0 Å². The number of benzene rings is 10. The molecular formula is C102H124. The van der Waals surface area contributed by atoms with Gasteiger partial charge in [0.05, 0.1) is 5.41 Å². The van der Waals surface area contributed by atoms with Crippen molar-refractivity contribution in [3.05, 3.63) is 306 Å². The largest absolute Gasteiger partial charge is 0.0713 e. The normalized spacial score (nSPS) is 15.7. The van der Waals surface area contributed by atoms with Gasteiger partial charge in [-0.15, -0.1) is 0 Å². The molecule has 0 saturated carbocycles. The first kappa shape index (κ1) is 75.4. The molecule has 0 fully saturated rings. The molecule has 0 aliphatic heterocycles. The van der Waals surface area contributed by atoms with Crippen molar-refractivity contribution in [1.82, 2.24) is 0 Å². The first-order chi connectivity index (χ1) is 46.9. The molecule has 4 aliphatic rings. The van der Waals surface area contributed by atoms with Crippen molar-refractivity contribution in [2.45, 2.75) is 273 Å². The lowest BCUT2D eigenvalue weighted by Crippen LogP contribution is -2.29. The lowest BCUT2D eigenvalue weighted by atomic mass is 9.66. The van der Waals surface area contributed by atoms with Crippen LogP contribution in [0.5, 0.6) is 0 Å². The van der Waals surface area contributed by atoms with E-state index < -0.39 is 0 Å². The van der Waals surface area contributed by atoms with E-state index in [9.17, 15) is 0 Å². The van der Waals surface area contributed by atoms with Crippen LogP contribution in [0, 0.1) is 0 Å². The van der Waals surface area contributed by atoms with E-state index in [1.807, 2.05) is 0 Å². The Bertz CT molecular complexity index is 4490. The fraction of sp³-hybridized carbons (Fsp3) is 0.412. The predicted octanol–water partition coefficient (Wildman–Crippen LogP) is 28.4. The lowest BCUT2D eigenvalue weighted by Gasteiger charge is -2.35. The van der Waals surface area contributed by atoms with E-state index >= 15 is 0 Å². The number of fused-ring (bicyclic) bond motifs is 12. The second kappa shape index (κ2) is 25.5. The van der Waals surface area contributed by atoms with Gasteiger partial charge < -0.3 is 0 Å². The number of hydrogen-bond donors (Lipinski definition) is 0. The molecule has 0 amide bonds. The highest BCUT2D eigenvalue weighted by Crippen LogP contribution is 2.59. The molecule has 10 aromatic rings. The van der Waals surface area contributed by atoms with Gasteiger partial charge in [0.1, 0.15) is 0 Å². The van der Waals surface area contributed by atoms with Crippen molar-refractivity contribution < 1.29 is 0 Å². The standard InChI is InChI=1S/C33H34.3C23H30/c1-31(2,3)25-17-19-27-28-20-18-26(32(4,5)6)22-30(28)33(29(27)21-25,23-13-9-7-10-14-23)24-15-11-8-12-16-24;2*1-21(2,3)15-10-12-19-18(13-15)17-11-9-16(22(4,5)6)14-20(17)23(19,7)8;1-21(2,3)15-9-11-17-18-12-10-16(22(4,5)6)14-20(18)23(7,8)19(17)13-15/h7-22H,1-6H3;3*9-14H,1-8H3. The lowest BCUT2D eigenvalue weighted by molar-refractivity contribution is 0.580. The summed E-state index contributed by atoms with van der Waals surface area (Å²) in [7, 11) is 0. The van der Waals surface area contributed by atoms with E-state index in [0.717, 1.165) is 0 Å². The molecule has 0 heteroatoms. The van der Waals surface area contributed by atoms with Crippen LogP contribution >= 0.6 is 0 Å². The third-order valence-electron chi connectivity index (χ3n) is 23.5. The summed E-state index contributed by atoms with van der Waals surface area (Å²) in [4.78, 5) is 0. The Morgan fingerprint density at radius 1 is 0.167 bits per heavy atom. The summed E-state index contributed by atoms with van der Waals surface area (Å²) < 4.78 is 0. The molecule has 0 aromatic heterocycles. The van der Waals surface area contributed by atoms with E-state index in [1.165, 1.54) is 145 Å². The van der Waals surface area contributed by atoms with Gasteiger partial charge >= 0.3 is 0 Å². The average Bonchev–Trinajstić information content (AvgIpc) is 1.53. The van der Waals surface area contributed by atoms with E-state index in [4.69, 9.17) is 0 Å². The first-order valence-electron chi connectivity index (χ1n) is 38.2. The van der Waals surface area contributed by atoms with Crippen molar-refractivity contribution in [2.24, 2.45) is 0 Å². The summed E-state index contributed by atoms with van der Waals surface area (Å²) in [6, 6.07) is 79.0. The molecule has 0 atom stereocenters. The summed E-state index contributed by atoms with van der Waals surface area (Å²) in [5.74, 6) is 0. The van der Waals surface area contributed by atoms with Gasteiger partial charge in [-0.2, -0.15) is 0 Å².